The molecule has 3 aromatic carbocycles. The van der Waals surface area contributed by atoms with Crippen molar-refractivity contribution < 1.29 is 26.6 Å². The molecule has 0 bridgehead atoms. The summed E-state index contributed by atoms with van der Waals surface area (Å²) in [6, 6.07) is 19.9. The highest BCUT2D eigenvalue weighted by Gasteiger charge is 2.17. The number of hydrogen-bond donors (Lipinski definition) is 0. The number of hydrogen-bond acceptors (Lipinski definition) is 7. The van der Waals surface area contributed by atoms with Gasteiger partial charge in [0.15, 0.2) is 5.58 Å². The van der Waals surface area contributed by atoms with Gasteiger partial charge in [0.2, 0.25) is 0 Å². The van der Waals surface area contributed by atoms with E-state index in [2.05, 4.69) is 5.16 Å². The molecule has 8 heteroatoms. The maximum atomic E-state index is 12.4. The minimum atomic E-state index is -3.93. The van der Waals surface area contributed by atoms with Crippen LogP contribution in [0.15, 0.2) is 82.2 Å². The lowest BCUT2D eigenvalue weighted by atomic mass is 10.2. The van der Waals surface area contributed by atoms with E-state index >= 15 is 0 Å². The molecular weight excluding hydrogens is 394 g/mol. The molecular formula is C21H17NO6S. The van der Waals surface area contributed by atoms with E-state index in [9.17, 15) is 8.42 Å². The Hall–Kier alpha value is -3.52. The summed E-state index contributed by atoms with van der Waals surface area (Å²) in [6.45, 7) is 0.183. The van der Waals surface area contributed by atoms with E-state index in [-0.39, 0.29) is 17.3 Å². The number of nitrogens with zero attached hydrogens (tertiary/aromatic N) is 1. The normalized spacial score (nSPS) is 11.3. The van der Waals surface area contributed by atoms with Crippen molar-refractivity contribution in [3.05, 3.63) is 78.5 Å². The molecule has 0 aliphatic heterocycles. The average Bonchev–Trinajstić information content (AvgIpc) is 3.15. The van der Waals surface area contributed by atoms with Crippen LogP contribution in [0, 0.1) is 0 Å². The Balaban J connectivity index is 1.51. The number of fused-ring (bicyclic) bond motifs is 1. The molecule has 29 heavy (non-hydrogen) atoms. The Morgan fingerprint density at radius 1 is 0.897 bits per heavy atom. The maximum absolute atomic E-state index is 12.4. The molecule has 0 saturated carbocycles. The van der Waals surface area contributed by atoms with E-state index in [0.717, 1.165) is 0 Å². The summed E-state index contributed by atoms with van der Waals surface area (Å²) in [5, 5.41) is 4.72. The second-order valence-corrected chi connectivity index (χ2v) is 7.65. The van der Waals surface area contributed by atoms with Crippen LogP contribution < -0.4 is 13.7 Å². The SMILES string of the molecule is COc1cccc(OCc2noc3cc(OS(=O)(=O)c4ccccc4)ccc23)c1. The monoisotopic (exact) mass is 411 g/mol. The van der Waals surface area contributed by atoms with E-state index in [1.54, 1.807) is 43.5 Å². The Morgan fingerprint density at radius 3 is 2.48 bits per heavy atom. The fraction of sp³-hybridized carbons (Fsp3) is 0.0952. The first-order valence-electron chi connectivity index (χ1n) is 8.70. The van der Waals surface area contributed by atoms with Crippen LogP contribution in [0.2, 0.25) is 0 Å². The van der Waals surface area contributed by atoms with Gasteiger partial charge in [-0.2, -0.15) is 8.42 Å². The maximum Gasteiger partial charge on any atom is 0.339 e. The first kappa shape index (κ1) is 18.8. The van der Waals surface area contributed by atoms with E-state index in [1.165, 1.54) is 18.2 Å². The molecule has 0 fully saturated rings. The van der Waals surface area contributed by atoms with Crippen LogP contribution in [0.1, 0.15) is 5.69 Å². The van der Waals surface area contributed by atoms with E-state index in [0.29, 0.717) is 28.2 Å². The molecule has 0 aliphatic carbocycles. The van der Waals surface area contributed by atoms with Crippen molar-refractivity contribution in [2.24, 2.45) is 0 Å². The molecule has 0 N–H and O–H groups in total. The zero-order valence-electron chi connectivity index (χ0n) is 15.4. The topological polar surface area (TPSA) is 87.9 Å². The zero-order valence-corrected chi connectivity index (χ0v) is 16.3. The van der Waals surface area contributed by atoms with Gasteiger partial charge in [-0.3, -0.25) is 0 Å². The molecule has 0 aliphatic rings. The predicted molar refractivity (Wildman–Crippen MR) is 106 cm³/mol. The van der Waals surface area contributed by atoms with E-state index in [4.69, 9.17) is 18.2 Å². The minimum Gasteiger partial charge on any atom is -0.497 e. The van der Waals surface area contributed by atoms with Crippen molar-refractivity contribution in [2.45, 2.75) is 11.5 Å². The smallest absolute Gasteiger partial charge is 0.339 e. The van der Waals surface area contributed by atoms with Gasteiger partial charge in [-0.05, 0) is 36.4 Å². The van der Waals surface area contributed by atoms with Gasteiger partial charge in [0.05, 0.1) is 7.11 Å². The molecule has 1 aromatic heterocycles. The highest BCUT2D eigenvalue weighted by molar-refractivity contribution is 7.87. The average molecular weight is 411 g/mol. The summed E-state index contributed by atoms with van der Waals surface area (Å²) in [5.41, 5.74) is 0.982. The predicted octanol–water partition coefficient (Wildman–Crippen LogP) is 4.18. The molecule has 4 rings (SSSR count). The molecule has 0 atom stereocenters. The molecule has 0 saturated heterocycles. The quantitative estimate of drug-likeness (QED) is 0.422. The fourth-order valence-corrected chi connectivity index (χ4v) is 3.67. The number of rotatable bonds is 7. The number of aromatic nitrogens is 1. The highest BCUT2D eigenvalue weighted by Crippen LogP contribution is 2.27. The van der Waals surface area contributed by atoms with Crippen molar-refractivity contribution in [2.75, 3.05) is 7.11 Å². The van der Waals surface area contributed by atoms with Crippen LogP contribution in [0.25, 0.3) is 11.0 Å². The standard InChI is InChI=1S/C21H17NO6S/c1-25-15-6-5-7-16(12-15)26-14-20-19-11-10-17(13-21(19)27-22-20)28-29(23,24)18-8-3-2-4-9-18/h2-13H,14H2,1H3. The Morgan fingerprint density at radius 2 is 1.69 bits per heavy atom. The second kappa shape index (κ2) is 7.84. The molecule has 0 spiro atoms. The summed E-state index contributed by atoms with van der Waals surface area (Å²) >= 11 is 0. The molecule has 0 radical (unpaired) electrons. The van der Waals surface area contributed by atoms with Gasteiger partial charge in [-0.25, -0.2) is 0 Å². The summed E-state index contributed by atoms with van der Waals surface area (Å²) in [7, 11) is -2.34. The molecule has 1 heterocycles. The van der Waals surface area contributed by atoms with Crippen LogP contribution in [-0.4, -0.2) is 20.7 Å². The van der Waals surface area contributed by atoms with Gasteiger partial charge < -0.3 is 18.2 Å². The zero-order chi connectivity index (χ0) is 20.3. The lowest BCUT2D eigenvalue weighted by molar-refractivity contribution is 0.290. The van der Waals surface area contributed by atoms with Crippen LogP contribution in [0.3, 0.4) is 0 Å². The van der Waals surface area contributed by atoms with Crippen LogP contribution in [-0.2, 0) is 16.7 Å². The van der Waals surface area contributed by atoms with Crippen LogP contribution in [0.5, 0.6) is 17.2 Å². The number of ether oxygens (including phenoxy) is 2. The highest BCUT2D eigenvalue weighted by atomic mass is 32.2. The van der Waals surface area contributed by atoms with Gasteiger partial charge in [-0.15, -0.1) is 0 Å². The van der Waals surface area contributed by atoms with Crippen molar-refractivity contribution in [1.29, 1.82) is 0 Å². The van der Waals surface area contributed by atoms with Crippen molar-refractivity contribution in [3.63, 3.8) is 0 Å². The van der Waals surface area contributed by atoms with Gasteiger partial charge >= 0.3 is 10.1 Å². The second-order valence-electron chi connectivity index (χ2n) is 6.11. The summed E-state index contributed by atoms with van der Waals surface area (Å²) in [4.78, 5) is 0.0741. The Bertz CT molecular complexity index is 1230. The van der Waals surface area contributed by atoms with E-state index in [1.807, 2.05) is 18.2 Å². The third kappa shape index (κ3) is 4.17. The first-order chi connectivity index (χ1) is 14.0. The summed E-state index contributed by atoms with van der Waals surface area (Å²) < 4.78 is 46.1. The van der Waals surface area contributed by atoms with Crippen molar-refractivity contribution >= 4 is 21.1 Å². The summed E-state index contributed by atoms with van der Waals surface area (Å²) in [5.74, 6) is 1.46. The lowest BCUT2D eigenvalue weighted by Crippen LogP contribution is -2.09. The van der Waals surface area contributed by atoms with Crippen LogP contribution >= 0.6 is 0 Å². The van der Waals surface area contributed by atoms with Gasteiger partial charge in [0.25, 0.3) is 0 Å². The third-order valence-electron chi connectivity index (χ3n) is 4.17. The first-order valence-corrected chi connectivity index (χ1v) is 10.1. The Kier molecular flexibility index (Phi) is 5.09. The number of benzene rings is 3. The lowest BCUT2D eigenvalue weighted by Gasteiger charge is -2.07. The van der Waals surface area contributed by atoms with Gasteiger partial charge in [0.1, 0.15) is 34.4 Å². The minimum absolute atomic E-state index is 0.0741. The largest absolute Gasteiger partial charge is 0.497 e. The fourth-order valence-electron chi connectivity index (χ4n) is 2.73. The third-order valence-corrected chi connectivity index (χ3v) is 5.43. The van der Waals surface area contributed by atoms with Crippen molar-refractivity contribution in [3.8, 4) is 17.2 Å². The van der Waals surface area contributed by atoms with E-state index < -0.39 is 10.1 Å². The van der Waals surface area contributed by atoms with Crippen molar-refractivity contribution in [1.82, 2.24) is 5.16 Å². The van der Waals surface area contributed by atoms with Crippen LogP contribution in [0.4, 0.5) is 0 Å². The van der Waals surface area contributed by atoms with Gasteiger partial charge in [0, 0.05) is 17.5 Å². The number of methoxy groups -OCH3 is 1. The van der Waals surface area contributed by atoms with Gasteiger partial charge in [-0.1, -0.05) is 29.4 Å². The summed E-state index contributed by atoms with van der Waals surface area (Å²) in [6.07, 6.45) is 0. The Labute approximate surface area is 167 Å². The molecule has 148 valence electrons. The molecule has 0 amide bonds. The molecule has 4 aromatic rings. The molecule has 0 unspecified atom stereocenters. The molecule has 7 nitrogen and oxygen atoms in total.